The Morgan fingerprint density at radius 1 is 1.03 bits per heavy atom. The second kappa shape index (κ2) is 8.84. The molecule has 2 aliphatic heterocycles. The molecule has 8 nitrogen and oxygen atoms in total. The summed E-state index contributed by atoms with van der Waals surface area (Å²) in [5.41, 5.74) is 2.25. The highest BCUT2D eigenvalue weighted by Crippen LogP contribution is 2.33. The predicted octanol–water partition coefficient (Wildman–Crippen LogP) is 1.81. The Kier molecular flexibility index (Phi) is 6.01. The summed E-state index contributed by atoms with van der Waals surface area (Å²) in [7, 11) is 4.13. The molecule has 0 aliphatic carbocycles. The van der Waals surface area contributed by atoms with Crippen LogP contribution in [0.15, 0.2) is 24.3 Å². The number of nitrogens with zero attached hydrogens (tertiary/aromatic N) is 5. The molecule has 1 saturated heterocycles. The van der Waals surface area contributed by atoms with Crippen LogP contribution in [0.5, 0.6) is 11.5 Å². The number of aromatic nitrogens is 2. The van der Waals surface area contributed by atoms with E-state index >= 15 is 0 Å². The monoisotopic (exact) mass is 398 g/mol. The van der Waals surface area contributed by atoms with Crippen molar-refractivity contribution >= 4 is 11.8 Å². The van der Waals surface area contributed by atoms with Gasteiger partial charge in [-0.2, -0.15) is 4.98 Å². The molecule has 4 rings (SSSR count). The van der Waals surface area contributed by atoms with Crippen LogP contribution in [-0.2, 0) is 6.54 Å². The minimum Gasteiger partial charge on any atom is -0.454 e. The van der Waals surface area contributed by atoms with E-state index in [9.17, 15) is 0 Å². The van der Waals surface area contributed by atoms with E-state index in [2.05, 4.69) is 57.3 Å². The van der Waals surface area contributed by atoms with Gasteiger partial charge in [0.2, 0.25) is 12.7 Å². The summed E-state index contributed by atoms with van der Waals surface area (Å²) in [5.74, 6) is 3.41. The van der Waals surface area contributed by atoms with Gasteiger partial charge in [-0.1, -0.05) is 6.07 Å². The van der Waals surface area contributed by atoms with Crippen LogP contribution in [-0.4, -0.2) is 79.9 Å². The van der Waals surface area contributed by atoms with Crippen LogP contribution in [0.4, 0.5) is 11.8 Å². The molecule has 1 N–H and O–H groups in total. The maximum Gasteiger partial charge on any atom is 0.231 e. The number of benzene rings is 1. The van der Waals surface area contributed by atoms with E-state index < -0.39 is 0 Å². The zero-order valence-corrected chi connectivity index (χ0v) is 17.5. The van der Waals surface area contributed by atoms with Crippen molar-refractivity contribution in [1.29, 1.82) is 0 Å². The van der Waals surface area contributed by atoms with Gasteiger partial charge in [-0.25, -0.2) is 4.98 Å². The zero-order chi connectivity index (χ0) is 20.2. The second-order valence-corrected chi connectivity index (χ2v) is 7.87. The Morgan fingerprint density at radius 3 is 2.62 bits per heavy atom. The number of rotatable bonds is 7. The summed E-state index contributed by atoms with van der Waals surface area (Å²) >= 11 is 0. The highest BCUT2D eigenvalue weighted by molar-refractivity contribution is 5.46. The third kappa shape index (κ3) is 5.07. The van der Waals surface area contributed by atoms with Gasteiger partial charge in [-0.3, -0.25) is 4.90 Å². The number of hydrogen-bond donors (Lipinski definition) is 1. The van der Waals surface area contributed by atoms with Crippen molar-refractivity contribution in [2.45, 2.75) is 13.5 Å². The average Bonchev–Trinajstić information content (AvgIpc) is 3.16. The quantitative estimate of drug-likeness (QED) is 0.758. The number of hydrogen-bond acceptors (Lipinski definition) is 8. The molecule has 0 amide bonds. The predicted molar refractivity (Wildman–Crippen MR) is 114 cm³/mol. The fraction of sp³-hybridized carbons (Fsp3) is 0.524. The lowest BCUT2D eigenvalue weighted by atomic mass is 10.1. The van der Waals surface area contributed by atoms with Gasteiger partial charge in [-0.05, 0) is 38.7 Å². The van der Waals surface area contributed by atoms with Gasteiger partial charge in [0.15, 0.2) is 11.5 Å². The maximum absolute atomic E-state index is 5.49. The molecule has 0 saturated carbocycles. The van der Waals surface area contributed by atoms with Crippen molar-refractivity contribution in [3.05, 3.63) is 35.5 Å². The number of likely N-dealkylation sites (N-methyl/N-ethyl adjacent to an activating group) is 1. The first-order chi connectivity index (χ1) is 14.1. The molecule has 0 atom stereocenters. The van der Waals surface area contributed by atoms with Crippen LogP contribution in [0.3, 0.4) is 0 Å². The van der Waals surface area contributed by atoms with Crippen LogP contribution < -0.4 is 19.7 Å². The van der Waals surface area contributed by atoms with E-state index in [0.717, 1.165) is 68.8 Å². The molecule has 2 aromatic rings. The van der Waals surface area contributed by atoms with Crippen LogP contribution >= 0.6 is 0 Å². The average molecular weight is 399 g/mol. The van der Waals surface area contributed by atoms with Gasteiger partial charge in [0.25, 0.3) is 0 Å². The van der Waals surface area contributed by atoms with E-state index in [4.69, 9.17) is 14.5 Å². The van der Waals surface area contributed by atoms with E-state index in [0.29, 0.717) is 12.7 Å². The van der Waals surface area contributed by atoms with Crippen molar-refractivity contribution in [3.63, 3.8) is 0 Å². The summed E-state index contributed by atoms with van der Waals surface area (Å²) < 4.78 is 10.9. The van der Waals surface area contributed by atoms with E-state index in [1.54, 1.807) is 0 Å². The van der Waals surface area contributed by atoms with E-state index in [1.807, 2.05) is 13.0 Å². The van der Waals surface area contributed by atoms with E-state index in [1.165, 1.54) is 5.56 Å². The molecule has 2 aliphatic rings. The lowest BCUT2D eigenvalue weighted by molar-refractivity contribution is 0.174. The van der Waals surface area contributed by atoms with Gasteiger partial charge in [0.1, 0.15) is 5.82 Å². The Hall–Kier alpha value is -2.58. The van der Waals surface area contributed by atoms with Gasteiger partial charge in [-0.15, -0.1) is 0 Å². The SMILES string of the molecule is Cc1cc(N2CCN(Cc3ccc4c(c3)OCO4)CC2)nc(NCCN(C)C)n1. The molecular weight excluding hydrogens is 368 g/mol. The molecule has 3 heterocycles. The fourth-order valence-corrected chi connectivity index (χ4v) is 3.62. The smallest absolute Gasteiger partial charge is 0.231 e. The maximum atomic E-state index is 5.49. The molecule has 29 heavy (non-hydrogen) atoms. The Morgan fingerprint density at radius 2 is 1.83 bits per heavy atom. The topological polar surface area (TPSA) is 66.0 Å². The van der Waals surface area contributed by atoms with E-state index in [-0.39, 0.29) is 0 Å². The molecule has 0 unspecified atom stereocenters. The van der Waals surface area contributed by atoms with Gasteiger partial charge in [0.05, 0.1) is 0 Å². The largest absolute Gasteiger partial charge is 0.454 e. The first-order valence-corrected chi connectivity index (χ1v) is 10.2. The highest BCUT2D eigenvalue weighted by atomic mass is 16.7. The van der Waals surface area contributed by atoms with Crippen LogP contribution in [0.1, 0.15) is 11.3 Å². The zero-order valence-electron chi connectivity index (χ0n) is 17.5. The molecule has 1 aromatic heterocycles. The Labute approximate surface area is 172 Å². The van der Waals surface area contributed by atoms with Crippen molar-refractivity contribution in [1.82, 2.24) is 19.8 Å². The number of aryl methyl sites for hydroxylation is 1. The lowest BCUT2D eigenvalue weighted by Crippen LogP contribution is -2.46. The summed E-state index contributed by atoms with van der Waals surface area (Å²) in [6, 6.07) is 8.29. The minimum atomic E-state index is 0.321. The van der Waals surface area contributed by atoms with Crippen LogP contribution in [0, 0.1) is 6.92 Å². The Bertz CT molecular complexity index is 836. The summed E-state index contributed by atoms with van der Waals surface area (Å²) in [5, 5.41) is 3.34. The van der Waals surface area contributed by atoms with Crippen molar-refractivity contribution in [2.75, 3.05) is 70.4 Å². The second-order valence-electron chi connectivity index (χ2n) is 7.87. The molecular formula is C21H30N6O2. The lowest BCUT2D eigenvalue weighted by Gasteiger charge is -2.35. The number of fused-ring (bicyclic) bond motifs is 1. The molecule has 0 bridgehead atoms. The molecule has 1 fully saturated rings. The highest BCUT2D eigenvalue weighted by Gasteiger charge is 2.20. The van der Waals surface area contributed by atoms with Crippen LogP contribution in [0.25, 0.3) is 0 Å². The molecule has 1 aromatic carbocycles. The van der Waals surface area contributed by atoms with Crippen molar-refractivity contribution in [2.24, 2.45) is 0 Å². The van der Waals surface area contributed by atoms with Crippen LogP contribution in [0.2, 0.25) is 0 Å². The molecule has 0 radical (unpaired) electrons. The number of ether oxygens (including phenoxy) is 2. The van der Waals surface area contributed by atoms with Gasteiger partial charge in [0, 0.05) is 57.6 Å². The first kappa shape index (κ1) is 19.7. The standard InChI is InChI=1S/C21H30N6O2/c1-16-12-20(24-21(23-16)22-6-7-25(2)3)27-10-8-26(9-11-27)14-17-4-5-18-19(13-17)29-15-28-18/h4-5,12-13H,6-11,14-15H2,1-3H3,(H,22,23,24). The van der Waals surface area contributed by atoms with Crippen molar-refractivity contribution < 1.29 is 9.47 Å². The summed E-state index contributed by atoms with van der Waals surface area (Å²) in [6.45, 7) is 8.97. The summed E-state index contributed by atoms with van der Waals surface area (Å²) in [4.78, 5) is 16.2. The number of anilines is 2. The molecule has 0 spiro atoms. The fourth-order valence-electron chi connectivity index (χ4n) is 3.62. The molecule has 8 heteroatoms. The normalized spacial score (nSPS) is 16.5. The van der Waals surface area contributed by atoms with Gasteiger partial charge < -0.3 is 24.6 Å². The first-order valence-electron chi connectivity index (χ1n) is 10.2. The number of nitrogens with one attached hydrogen (secondary N) is 1. The Balaban J connectivity index is 1.32. The molecule has 156 valence electrons. The van der Waals surface area contributed by atoms with Gasteiger partial charge >= 0.3 is 0 Å². The summed E-state index contributed by atoms with van der Waals surface area (Å²) in [6.07, 6.45) is 0. The third-order valence-electron chi connectivity index (χ3n) is 5.22. The number of piperazine rings is 1. The third-order valence-corrected chi connectivity index (χ3v) is 5.22. The minimum absolute atomic E-state index is 0.321. The van der Waals surface area contributed by atoms with Crippen molar-refractivity contribution in [3.8, 4) is 11.5 Å².